The maximum absolute atomic E-state index is 13.1. The number of rotatable bonds is 12. The van der Waals surface area contributed by atoms with Crippen LogP contribution in [0.15, 0.2) is 47.3 Å². The van der Waals surface area contributed by atoms with Gasteiger partial charge in [0.05, 0.1) is 31.8 Å². The fraction of sp³-hybridized carbons (Fsp3) is 0.375. The highest BCUT2D eigenvalue weighted by atomic mass is 16.5. The number of anilines is 2. The molecule has 190 valence electrons. The fourth-order valence-electron chi connectivity index (χ4n) is 3.77. The van der Waals surface area contributed by atoms with Crippen LogP contribution >= 0.6 is 0 Å². The van der Waals surface area contributed by atoms with Gasteiger partial charge < -0.3 is 25.3 Å². The molecule has 1 aliphatic heterocycles. The van der Waals surface area contributed by atoms with E-state index in [9.17, 15) is 14.4 Å². The summed E-state index contributed by atoms with van der Waals surface area (Å²) < 4.78 is 17.7. The molecular formula is C24H28N6O6. The number of nitrogens with zero attached hydrogens (tertiary/aromatic N) is 3. The quantitative estimate of drug-likeness (QED) is 0.187. The molecule has 0 spiro atoms. The molecule has 4 rings (SSSR count). The lowest BCUT2D eigenvalue weighted by Gasteiger charge is -2.21. The van der Waals surface area contributed by atoms with Gasteiger partial charge in [-0.05, 0) is 30.7 Å². The lowest BCUT2D eigenvalue weighted by molar-refractivity contribution is -0.136. The van der Waals surface area contributed by atoms with Crippen LogP contribution in [0.3, 0.4) is 0 Å². The molecule has 1 unspecified atom stereocenters. The molecule has 2 aromatic carbocycles. The Labute approximate surface area is 206 Å². The number of ether oxygens (including phenoxy) is 3. The minimum absolute atomic E-state index is 0.138. The number of carbonyl (C=O) groups is 2. The van der Waals surface area contributed by atoms with Gasteiger partial charge in [-0.3, -0.25) is 19.7 Å². The summed E-state index contributed by atoms with van der Waals surface area (Å²) in [4.78, 5) is 36.8. The first-order valence-electron chi connectivity index (χ1n) is 11.6. The Morgan fingerprint density at radius 1 is 1.03 bits per heavy atom. The van der Waals surface area contributed by atoms with Crippen LogP contribution in [0.4, 0.5) is 11.4 Å². The average Bonchev–Trinajstić information content (AvgIpc) is 2.86. The molecule has 0 aliphatic carbocycles. The Hall–Kier alpha value is -4.03. The molecule has 2 heterocycles. The smallest absolute Gasteiger partial charge is 0.280 e. The fourth-order valence-corrected chi connectivity index (χ4v) is 3.77. The molecule has 2 amide bonds. The molecule has 1 aliphatic rings. The SMILES string of the molecule is Nc1cccc(OCCOCCOCCNc2cccc3nnn(C4CCC(=O)NC4=O)c(=O)c23)c1. The maximum Gasteiger partial charge on any atom is 0.280 e. The molecule has 4 N–H and O–H groups in total. The molecule has 0 saturated carbocycles. The normalized spacial score (nSPS) is 15.6. The van der Waals surface area contributed by atoms with Crippen molar-refractivity contribution < 1.29 is 23.8 Å². The predicted molar refractivity (Wildman–Crippen MR) is 132 cm³/mol. The van der Waals surface area contributed by atoms with Gasteiger partial charge in [-0.1, -0.05) is 17.3 Å². The zero-order valence-corrected chi connectivity index (χ0v) is 19.6. The number of nitrogens with one attached hydrogen (secondary N) is 2. The Balaban J connectivity index is 1.22. The lowest BCUT2D eigenvalue weighted by Crippen LogP contribution is -2.45. The Morgan fingerprint density at radius 2 is 1.81 bits per heavy atom. The number of hydrogen-bond acceptors (Lipinski definition) is 10. The Bertz CT molecular complexity index is 1280. The molecule has 0 radical (unpaired) electrons. The van der Waals surface area contributed by atoms with E-state index in [1.807, 2.05) is 12.1 Å². The van der Waals surface area contributed by atoms with E-state index in [1.54, 1.807) is 30.3 Å². The summed E-state index contributed by atoms with van der Waals surface area (Å²) in [5, 5.41) is 13.7. The molecule has 0 bridgehead atoms. The first-order chi connectivity index (χ1) is 17.5. The predicted octanol–water partition coefficient (Wildman–Crippen LogP) is 0.876. The standard InChI is InChI=1S/C24H28N6O6/c25-16-3-1-4-17(15-16)36-14-13-35-12-11-34-10-9-26-18-5-2-6-19-22(18)24(33)30(29-28-19)20-7-8-21(31)27-23(20)32/h1-6,15,20,26H,7-14,25H2,(H,27,31,32). The van der Waals surface area contributed by atoms with E-state index in [-0.39, 0.29) is 18.7 Å². The highest BCUT2D eigenvalue weighted by Crippen LogP contribution is 2.20. The molecule has 1 aromatic heterocycles. The van der Waals surface area contributed by atoms with Crippen molar-refractivity contribution in [2.24, 2.45) is 0 Å². The third-order valence-corrected chi connectivity index (χ3v) is 5.51. The number of nitrogens with two attached hydrogens (primary N) is 1. The van der Waals surface area contributed by atoms with E-state index >= 15 is 0 Å². The third kappa shape index (κ3) is 6.34. The Morgan fingerprint density at radius 3 is 2.61 bits per heavy atom. The summed E-state index contributed by atoms with van der Waals surface area (Å²) in [5.74, 6) is -0.222. The minimum atomic E-state index is -0.875. The number of imide groups is 1. The van der Waals surface area contributed by atoms with Crippen molar-refractivity contribution in [3.05, 3.63) is 52.8 Å². The van der Waals surface area contributed by atoms with Crippen LogP contribution < -0.4 is 26.7 Å². The number of benzene rings is 2. The first kappa shape index (κ1) is 25.1. The summed E-state index contributed by atoms with van der Waals surface area (Å²) in [6, 6.07) is 11.5. The second kappa shape index (κ2) is 12.1. The molecular weight excluding hydrogens is 468 g/mol. The monoisotopic (exact) mass is 496 g/mol. The summed E-state index contributed by atoms with van der Waals surface area (Å²) in [6.07, 6.45) is 0.335. The molecule has 1 saturated heterocycles. The van der Waals surface area contributed by atoms with Gasteiger partial charge in [-0.15, -0.1) is 5.10 Å². The van der Waals surface area contributed by atoms with E-state index in [0.29, 0.717) is 67.6 Å². The number of carbonyl (C=O) groups excluding carboxylic acids is 2. The number of piperidine rings is 1. The second-order valence-corrected chi connectivity index (χ2v) is 8.08. The van der Waals surface area contributed by atoms with Gasteiger partial charge in [0.15, 0.2) is 0 Å². The van der Waals surface area contributed by atoms with Gasteiger partial charge in [0, 0.05) is 30.4 Å². The third-order valence-electron chi connectivity index (χ3n) is 5.51. The van der Waals surface area contributed by atoms with Crippen molar-refractivity contribution in [2.45, 2.75) is 18.9 Å². The topological polar surface area (TPSA) is 160 Å². The van der Waals surface area contributed by atoms with Crippen LogP contribution in [0.1, 0.15) is 18.9 Å². The van der Waals surface area contributed by atoms with E-state index in [2.05, 4.69) is 20.9 Å². The van der Waals surface area contributed by atoms with Crippen LogP contribution in [0.2, 0.25) is 0 Å². The summed E-state index contributed by atoms with van der Waals surface area (Å²) >= 11 is 0. The highest BCUT2D eigenvalue weighted by Gasteiger charge is 2.30. The van der Waals surface area contributed by atoms with E-state index in [0.717, 1.165) is 4.68 Å². The van der Waals surface area contributed by atoms with Crippen LogP contribution in [0.25, 0.3) is 10.9 Å². The largest absolute Gasteiger partial charge is 0.491 e. The van der Waals surface area contributed by atoms with Crippen molar-refractivity contribution in [3.8, 4) is 5.75 Å². The molecule has 36 heavy (non-hydrogen) atoms. The zero-order valence-electron chi connectivity index (χ0n) is 19.6. The van der Waals surface area contributed by atoms with E-state index in [4.69, 9.17) is 19.9 Å². The summed E-state index contributed by atoms with van der Waals surface area (Å²) in [5.41, 5.74) is 6.87. The molecule has 12 nitrogen and oxygen atoms in total. The average molecular weight is 497 g/mol. The van der Waals surface area contributed by atoms with E-state index in [1.165, 1.54) is 0 Å². The number of amides is 2. The van der Waals surface area contributed by atoms with Crippen molar-refractivity contribution in [1.29, 1.82) is 0 Å². The molecule has 1 atom stereocenters. The highest BCUT2D eigenvalue weighted by molar-refractivity contribution is 5.99. The van der Waals surface area contributed by atoms with Crippen molar-refractivity contribution >= 4 is 34.1 Å². The second-order valence-electron chi connectivity index (χ2n) is 8.08. The van der Waals surface area contributed by atoms with E-state index < -0.39 is 17.5 Å². The maximum atomic E-state index is 13.1. The van der Waals surface area contributed by atoms with Gasteiger partial charge in [0.1, 0.15) is 23.9 Å². The van der Waals surface area contributed by atoms with Gasteiger partial charge >= 0.3 is 0 Å². The number of hydrogen-bond donors (Lipinski definition) is 3. The lowest BCUT2D eigenvalue weighted by atomic mass is 10.1. The van der Waals surface area contributed by atoms with Crippen LogP contribution in [-0.4, -0.2) is 66.4 Å². The summed E-state index contributed by atoms with van der Waals surface area (Å²) in [6.45, 7) is 2.49. The summed E-state index contributed by atoms with van der Waals surface area (Å²) in [7, 11) is 0. The van der Waals surface area contributed by atoms with Gasteiger partial charge in [-0.2, -0.15) is 4.68 Å². The number of fused-ring (bicyclic) bond motifs is 1. The number of nitrogen functional groups attached to an aromatic ring is 1. The van der Waals surface area contributed by atoms with Crippen LogP contribution in [-0.2, 0) is 19.1 Å². The van der Waals surface area contributed by atoms with Gasteiger partial charge in [-0.25, -0.2) is 0 Å². The van der Waals surface area contributed by atoms with Crippen molar-refractivity contribution in [1.82, 2.24) is 20.3 Å². The molecule has 12 heteroatoms. The molecule has 1 fully saturated rings. The van der Waals surface area contributed by atoms with Gasteiger partial charge in [0.2, 0.25) is 5.91 Å². The van der Waals surface area contributed by atoms with Crippen LogP contribution in [0.5, 0.6) is 5.75 Å². The van der Waals surface area contributed by atoms with Crippen molar-refractivity contribution in [2.75, 3.05) is 50.6 Å². The van der Waals surface area contributed by atoms with Crippen LogP contribution in [0, 0.1) is 0 Å². The van der Waals surface area contributed by atoms with Gasteiger partial charge in [0.25, 0.3) is 11.5 Å². The zero-order chi connectivity index (χ0) is 25.3. The number of aromatic nitrogens is 3. The van der Waals surface area contributed by atoms with Crippen molar-refractivity contribution in [3.63, 3.8) is 0 Å². The Kier molecular flexibility index (Phi) is 8.42. The minimum Gasteiger partial charge on any atom is -0.491 e. The first-order valence-corrected chi connectivity index (χ1v) is 11.6. The molecule has 3 aromatic rings.